The number of ether oxygens (including phenoxy) is 1. The molecular formula is C11H11F3N2O3. The van der Waals surface area contributed by atoms with E-state index >= 15 is 0 Å². The van der Waals surface area contributed by atoms with Gasteiger partial charge < -0.3 is 15.4 Å². The summed E-state index contributed by atoms with van der Waals surface area (Å²) in [7, 11) is 1.30. The highest BCUT2D eigenvalue weighted by Crippen LogP contribution is 2.19. The van der Waals surface area contributed by atoms with Crippen molar-refractivity contribution in [3.8, 4) is 0 Å². The summed E-state index contributed by atoms with van der Waals surface area (Å²) in [6, 6.07) is 1.56. The minimum absolute atomic E-state index is 0.229. The van der Waals surface area contributed by atoms with Crippen molar-refractivity contribution in [1.82, 2.24) is 5.32 Å². The predicted molar refractivity (Wildman–Crippen MR) is 59.8 cm³/mol. The number of hydrogen-bond acceptors (Lipinski definition) is 3. The molecular weight excluding hydrogens is 265 g/mol. The largest absolute Gasteiger partial charge is 0.375 e. The molecule has 0 heterocycles. The van der Waals surface area contributed by atoms with Crippen molar-refractivity contribution in [2.45, 2.75) is 0 Å². The molecule has 1 rings (SSSR count). The lowest BCUT2D eigenvalue weighted by Crippen LogP contribution is -2.35. The van der Waals surface area contributed by atoms with E-state index in [0.717, 1.165) is 6.07 Å². The third-order valence-corrected chi connectivity index (χ3v) is 2.03. The van der Waals surface area contributed by atoms with E-state index in [1.807, 2.05) is 5.32 Å². The number of carbonyl (C=O) groups is 2. The van der Waals surface area contributed by atoms with Crippen LogP contribution in [0, 0.1) is 17.5 Å². The molecule has 0 saturated heterocycles. The Bertz CT molecular complexity index is 494. The molecule has 2 N–H and O–H groups in total. The second-order valence-corrected chi connectivity index (χ2v) is 3.48. The first-order valence-electron chi connectivity index (χ1n) is 5.14. The van der Waals surface area contributed by atoms with Crippen molar-refractivity contribution < 1.29 is 27.5 Å². The van der Waals surface area contributed by atoms with Crippen molar-refractivity contribution in [2.24, 2.45) is 0 Å². The highest BCUT2D eigenvalue weighted by Gasteiger charge is 2.15. The lowest BCUT2D eigenvalue weighted by molar-refractivity contribution is -0.127. The first-order chi connectivity index (χ1) is 8.95. The van der Waals surface area contributed by atoms with Crippen molar-refractivity contribution in [3.63, 3.8) is 0 Å². The molecule has 0 aromatic heterocycles. The molecule has 0 aliphatic carbocycles. The maximum atomic E-state index is 13.2. The van der Waals surface area contributed by atoms with Gasteiger partial charge in [0, 0.05) is 7.11 Å². The molecule has 0 saturated carbocycles. The Hall–Kier alpha value is -2.09. The highest BCUT2D eigenvalue weighted by atomic mass is 19.2. The van der Waals surface area contributed by atoms with Crippen LogP contribution in [0.1, 0.15) is 0 Å². The van der Waals surface area contributed by atoms with Gasteiger partial charge in [-0.05, 0) is 12.1 Å². The number of anilines is 1. The van der Waals surface area contributed by atoms with Gasteiger partial charge in [0.05, 0.1) is 12.2 Å². The number of benzene rings is 1. The average molecular weight is 276 g/mol. The molecule has 0 unspecified atom stereocenters. The van der Waals surface area contributed by atoms with E-state index < -0.39 is 41.5 Å². The average Bonchev–Trinajstić information content (AvgIpc) is 2.37. The van der Waals surface area contributed by atoms with Gasteiger partial charge in [-0.2, -0.15) is 0 Å². The molecule has 0 radical (unpaired) electrons. The van der Waals surface area contributed by atoms with Gasteiger partial charge in [0.2, 0.25) is 11.8 Å². The number of amides is 2. The van der Waals surface area contributed by atoms with Crippen LogP contribution in [0.5, 0.6) is 0 Å². The molecule has 1 aromatic rings. The lowest BCUT2D eigenvalue weighted by Gasteiger charge is -2.08. The summed E-state index contributed by atoms with van der Waals surface area (Å²) in [5.41, 5.74) is -0.509. The van der Waals surface area contributed by atoms with Gasteiger partial charge in [-0.25, -0.2) is 13.2 Å². The molecule has 2 amide bonds. The third-order valence-electron chi connectivity index (χ3n) is 2.03. The number of halogens is 3. The molecule has 104 valence electrons. The van der Waals surface area contributed by atoms with Gasteiger partial charge in [0.25, 0.3) is 0 Å². The van der Waals surface area contributed by atoms with Crippen molar-refractivity contribution in [2.75, 3.05) is 25.6 Å². The summed E-state index contributed by atoms with van der Waals surface area (Å²) in [4.78, 5) is 22.3. The molecule has 19 heavy (non-hydrogen) atoms. The van der Waals surface area contributed by atoms with Crippen LogP contribution in [0.4, 0.5) is 18.9 Å². The number of rotatable bonds is 5. The Morgan fingerprint density at radius 2 is 1.84 bits per heavy atom. The maximum absolute atomic E-state index is 13.2. The van der Waals surface area contributed by atoms with E-state index in [4.69, 9.17) is 0 Å². The standard InChI is InChI=1S/C11H11F3N2O3/c1-19-5-9(18)15-4-8(17)16-7-3-2-6(12)10(13)11(7)14/h2-3H,4-5H2,1H3,(H,15,18)(H,16,17). The number of methoxy groups -OCH3 is 1. The fourth-order valence-corrected chi connectivity index (χ4v) is 1.18. The SMILES string of the molecule is COCC(=O)NCC(=O)Nc1ccc(F)c(F)c1F. The number of carbonyl (C=O) groups excluding carboxylic acids is 2. The minimum atomic E-state index is -1.68. The van der Waals surface area contributed by atoms with Gasteiger partial charge in [-0.15, -0.1) is 0 Å². The monoisotopic (exact) mass is 276 g/mol. The second kappa shape index (κ2) is 6.74. The molecule has 0 aliphatic rings. The highest BCUT2D eigenvalue weighted by molar-refractivity contribution is 5.94. The molecule has 0 aliphatic heterocycles. The first kappa shape index (κ1) is 15.0. The van der Waals surface area contributed by atoms with Crippen molar-refractivity contribution in [3.05, 3.63) is 29.6 Å². The van der Waals surface area contributed by atoms with Crippen LogP contribution in [0.2, 0.25) is 0 Å². The van der Waals surface area contributed by atoms with Gasteiger partial charge in [-0.1, -0.05) is 0 Å². The van der Waals surface area contributed by atoms with Crippen LogP contribution in [0.3, 0.4) is 0 Å². The van der Waals surface area contributed by atoms with Crippen LogP contribution in [-0.2, 0) is 14.3 Å². The molecule has 5 nitrogen and oxygen atoms in total. The normalized spacial score (nSPS) is 10.1. The quantitative estimate of drug-likeness (QED) is 0.782. The summed E-state index contributed by atoms with van der Waals surface area (Å²) in [5.74, 6) is -5.86. The Morgan fingerprint density at radius 3 is 2.47 bits per heavy atom. The van der Waals surface area contributed by atoms with Gasteiger partial charge in [-0.3, -0.25) is 9.59 Å². The molecule has 0 spiro atoms. The van der Waals surface area contributed by atoms with Crippen LogP contribution in [0.15, 0.2) is 12.1 Å². The first-order valence-corrected chi connectivity index (χ1v) is 5.14. The summed E-state index contributed by atoms with van der Waals surface area (Å²) in [5, 5.41) is 4.18. The fourth-order valence-electron chi connectivity index (χ4n) is 1.18. The Balaban J connectivity index is 2.58. The van der Waals surface area contributed by atoms with Crippen LogP contribution < -0.4 is 10.6 Å². The van der Waals surface area contributed by atoms with Gasteiger partial charge in [0.15, 0.2) is 17.5 Å². The zero-order valence-corrected chi connectivity index (χ0v) is 9.93. The third kappa shape index (κ3) is 4.25. The second-order valence-electron chi connectivity index (χ2n) is 3.48. The molecule has 0 bridgehead atoms. The Kier molecular flexibility index (Phi) is 5.31. The van der Waals surface area contributed by atoms with E-state index in [0.29, 0.717) is 6.07 Å². The Morgan fingerprint density at radius 1 is 1.16 bits per heavy atom. The predicted octanol–water partition coefficient (Wildman–Crippen LogP) is 0.805. The molecule has 1 aromatic carbocycles. The fraction of sp³-hybridized carbons (Fsp3) is 0.273. The van der Waals surface area contributed by atoms with Crippen LogP contribution >= 0.6 is 0 Å². The molecule has 8 heteroatoms. The number of hydrogen-bond donors (Lipinski definition) is 2. The van der Waals surface area contributed by atoms with E-state index in [2.05, 4.69) is 10.1 Å². The van der Waals surface area contributed by atoms with E-state index in [-0.39, 0.29) is 6.61 Å². The summed E-state index contributed by atoms with van der Waals surface area (Å²) in [6.45, 7) is -0.673. The van der Waals surface area contributed by atoms with Crippen LogP contribution in [0.25, 0.3) is 0 Å². The summed E-state index contributed by atoms with van der Waals surface area (Å²) >= 11 is 0. The van der Waals surface area contributed by atoms with Crippen LogP contribution in [-0.4, -0.2) is 32.1 Å². The smallest absolute Gasteiger partial charge is 0.246 e. The van der Waals surface area contributed by atoms with Gasteiger partial charge in [0.1, 0.15) is 6.61 Å². The molecule has 0 atom stereocenters. The number of nitrogens with one attached hydrogen (secondary N) is 2. The van der Waals surface area contributed by atoms with E-state index in [9.17, 15) is 22.8 Å². The van der Waals surface area contributed by atoms with Gasteiger partial charge >= 0.3 is 0 Å². The Labute approximate surface area is 106 Å². The minimum Gasteiger partial charge on any atom is -0.375 e. The van der Waals surface area contributed by atoms with E-state index in [1.165, 1.54) is 7.11 Å². The summed E-state index contributed by atoms with van der Waals surface area (Å²) < 4.78 is 43.2. The van der Waals surface area contributed by atoms with Crippen molar-refractivity contribution in [1.29, 1.82) is 0 Å². The van der Waals surface area contributed by atoms with E-state index in [1.54, 1.807) is 0 Å². The van der Waals surface area contributed by atoms with Crippen molar-refractivity contribution >= 4 is 17.5 Å². The lowest BCUT2D eigenvalue weighted by atomic mass is 10.2. The summed E-state index contributed by atoms with van der Waals surface area (Å²) in [6.07, 6.45) is 0. The zero-order valence-electron chi connectivity index (χ0n) is 9.93. The molecule has 0 fully saturated rings. The topological polar surface area (TPSA) is 67.4 Å². The zero-order chi connectivity index (χ0) is 14.4. The maximum Gasteiger partial charge on any atom is 0.246 e.